The van der Waals surface area contributed by atoms with Gasteiger partial charge in [-0.15, -0.1) is 0 Å². The summed E-state index contributed by atoms with van der Waals surface area (Å²) in [5.74, 6) is 0. The van der Waals surface area contributed by atoms with E-state index in [-0.39, 0.29) is 0 Å². The zero-order valence-corrected chi connectivity index (χ0v) is 11.0. The van der Waals surface area contributed by atoms with Crippen LogP contribution in [0.2, 0.25) is 0 Å². The highest BCUT2D eigenvalue weighted by Gasteiger charge is 2.17. The lowest BCUT2D eigenvalue weighted by Crippen LogP contribution is -2.45. The Bertz CT molecular complexity index is 208. The van der Waals surface area contributed by atoms with Crippen LogP contribution in [0.25, 0.3) is 0 Å². The van der Waals surface area contributed by atoms with Gasteiger partial charge in [0.2, 0.25) is 0 Å². The van der Waals surface area contributed by atoms with Gasteiger partial charge in [0.05, 0.1) is 18.8 Å². The van der Waals surface area contributed by atoms with Crippen molar-refractivity contribution in [2.45, 2.75) is 37.9 Å². The number of likely N-dealkylation sites (N-methyl/N-ethyl adjacent to an activating group) is 1. The van der Waals surface area contributed by atoms with Gasteiger partial charge in [0.15, 0.2) is 0 Å². The van der Waals surface area contributed by atoms with Crippen LogP contribution < -0.4 is 5.32 Å². The van der Waals surface area contributed by atoms with E-state index in [0.29, 0.717) is 12.2 Å². The number of rotatable bonds is 5. The molecule has 0 amide bonds. The zero-order chi connectivity index (χ0) is 11.9. The second kappa shape index (κ2) is 7.31. The van der Waals surface area contributed by atoms with Crippen molar-refractivity contribution in [2.75, 3.05) is 46.4 Å². The van der Waals surface area contributed by atoms with Gasteiger partial charge in [-0.25, -0.2) is 0 Å². The Kier molecular flexibility index (Phi) is 5.71. The quantitative estimate of drug-likeness (QED) is 0.725. The van der Waals surface area contributed by atoms with E-state index >= 15 is 0 Å². The van der Waals surface area contributed by atoms with Crippen LogP contribution in [0.3, 0.4) is 0 Å². The van der Waals surface area contributed by atoms with Crippen molar-refractivity contribution in [3.63, 3.8) is 0 Å². The molecule has 0 radical (unpaired) electrons. The van der Waals surface area contributed by atoms with Crippen LogP contribution >= 0.6 is 0 Å². The van der Waals surface area contributed by atoms with Crippen LogP contribution in [0.1, 0.15) is 25.7 Å². The molecule has 2 unspecified atom stereocenters. The molecular weight excluding hydrogens is 216 g/mol. The molecule has 2 heterocycles. The van der Waals surface area contributed by atoms with Crippen LogP contribution in [0.4, 0.5) is 0 Å². The van der Waals surface area contributed by atoms with Crippen LogP contribution in [0.15, 0.2) is 0 Å². The highest BCUT2D eigenvalue weighted by molar-refractivity contribution is 4.72. The number of nitrogens with one attached hydrogen (secondary N) is 1. The third-order valence-electron chi connectivity index (χ3n) is 3.63. The molecular formula is C13H26N2O2. The summed E-state index contributed by atoms with van der Waals surface area (Å²) >= 11 is 0. The number of morpholine rings is 1. The van der Waals surface area contributed by atoms with E-state index in [1.54, 1.807) is 0 Å². The second-order valence-corrected chi connectivity index (χ2v) is 5.24. The smallest absolute Gasteiger partial charge is 0.0826 e. The summed E-state index contributed by atoms with van der Waals surface area (Å²) in [5.41, 5.74) is 0. The third kappa shape index (κ3) is 4.92. The Labute approximate surface area is 105 Å². The Morgan fingerprint density at radius 2 is 2.06 bits per heavy atom. The van der Waals surface area contributed by atoms with Crippen molar-refractivity contribution in [2.24, 2.45) is 0 Å². The van der Waals surface area contributed by atoms with Gasteiger partial charge in [0.25, 0.3) is 0 Å². The van der Waals surface area contributed by atoms with Gasteiger partial charge in [-0.2, -0.15) is 0 Å². The van der Waals surface area contributed by atoms with E-state index in [1.165, 1.54) is 19.3 Å². The minimum Gasteiger partial charge on any atom is -0.378 e. The Morgan fingerprint density at radius 1 is 1.18 bits per heavy atom. The summed E-state index contributed by atoms with van der Waals surface area (Å²) in [4.78, 5) is 2.33. The minimum atomic E-state index is 0.362. The van der Waals surface area contributed by atoms with Gasteiger partial charge in [0, 0.05) is 26.2 Å². The molecule has 0 aliphatic carbocycles. The van der Waals surface area contributed by atoms with Crippen LogP contribution in [-0.4, -0.2) is 63.5 Å². The molecule has 100 valence electrons. The predicted molar refractivity (Wildman–Crippen MR) is 68.3 cm³/mol. The Hall–Kier alpha value is -0.160. The number of hydrogen-bond donors (Lipinski definition) is 1. The van der Waals surface area contributed by atoms with E-state index in [9.17, 15) is 0 Å². The third-order valence-corrected chi connectivity index (χ3v) is 3.63. The molecule has 4 heteroatoms. The lowest BCUT2D eigenvalue weighted by Gasteiger charge is -2.30. The van der Waals surface area contributed by atoms with Crippen molar-refractivity contribution in [3.8, 4) is 0 Å². The van der Waals surface area contributed by atoms with E-state index in [4.69, 9.17) is 9.47 Å². The normalized spacial score (nSPS) is 31.6. The van der Waals surface area contributed by atoms with Crippen molar-refractivity contribution in [3.05, 3.63) is 0 Å². The summed E-state index contributed by atoms with van der Waals surface area (Å²) in [6.07, 6.45) is 5.81. The molecule has 2 rings (SSSR count). The van der Waals surface area contributed by atoms with E-state index in [2.05, 4.69) is 17.3 Å². The first kappa shape index (κ1) is 13.3. The molecule has 2 atom stereocenters. The average Bonchev–Trinajstić information content (AvgIpc) is 2.36. The maximum atomic E-state index is 5.71. The maximum Gasteiger partial charge on any atom is 0.0826 e. The van der Waals surface area contributed by atoms with Gasteiger partial charge in [-0.3, -0.25) is 0 Å². The first-order chi connectivity index (χ1) is 8.34. The Balaban J connectivity index is 1.50. The SMILES string of the molecule is CN1CCOC(CNCCC2CCCCO2)C1. The van der Waals surface area contributed by atoms with Gasteiger partial charge >= 0.3 is 0 Å². The van der Waals surface area contributed by atoms with Gasteiger partial charge < -0.3 is 19.7 Å². The molecule has 0 aromatic heterocycles. The largest absolute Gasteiger partial charge is 0.378 e. The molecule has 1 N–H and O–H groups in total. The second-order valence-electron chi connectivity index (χ2n) is 5.24. The fraction of sp³-hybridized carbons (Fsp3) is 1.00. The molecule has 0 saturated carbocycles. The lowest BCUT2D eigenvalue weighted by molar-refractivity contribution is -0.0196. The topological polar surface area (TPSA) is 33.7 Å². The number of hydrogen-bond acceptors (Lipinski definition) is 4. The van der Waals surface area contributed by atoms with Crippen LogP contribution in [0, 0.1) is 0 Å². The monoisotopic (exact) mass is 242 g/mol. The first-order valence-corrected chi connectivity index (χ1v) is 6.97. The van der Waals surface area contributed by atoms with Crippen molar-refractivity contribution >= 4 is 0 Å². The molecule has 2 aliphatic rings. The molecule has 2 fully saturated rings. The minimum absolute atomic E-state index is 0.362. The summed E-state index contributed by atoms with van der Waals surface area (Å²) < 4.78 is 11.4. The van der Waals surface area contributed by atoms with E-state index < -0.39 is 0 Å². The van der Waals surface area contributed by atoms with Crippen LogP contribution in [-0.2, 0) is 9.47 Å². The summed E-state index contributed by atoms with van der Waals surface area (Å²) in [5, 5.41) is 3.49. The van der Waals surface area contributed by atoms with Gasteiger partial charge in [-0.1, -0.05) is 0 Å². The number of nitrogens with zero attached hydrogens (tertiary/aromatic N) is 1. The highest BCUT2D eigenvalue weighted by Crippen LogP contribution is 2.14. The molecule has 2 saturated heterocycles. The van der Waals surface area contributed by atoms with Gasteiger partial charge in [0.1, 0.15) is 0 Å². The average molecular weight is 242 g/mol. The van der Waals surface area contributed by atoms with Gasteiger partial charge in [-0.05, 0) is 39.3 Å². The van der Waals surface area contributed by atoms with Crippen molar-refractivity contribution < 1.29 is 9.47 Å². The number of ether oxygens (including phenoxy) is 2. The lowest BCUT2D eigenvalue weighted by atomic mass is 10.1. The van der Waals surface area contributed by atoms with E-state index in [1.807, 2.05) is 0 Å². The fourth-order valence-corrected chi connectivity index (χ4v) is 2.55. The molecule has 0 aromatic carbocycles. The molecule has 4 nitrogen and oxygen atoms in total. The van der Waals surface area contributed by atoms with Crippen molar-refractivity contribution in [1.29, 1.82) is 0 Å². The van der Waals surface area contributed by atoms with Crippen molar-refractivity contribution in [1.82, 2.24) is 10.2 Å². The standard InChI is InChI=1S/C13H26N2O2/c1-15-7-9-17-13(11-15)10-14-6-5-12-4-2-3-8-16-12/h12-14H,2-11H2,1H3. The maximum absolute atomic E-state index is 5.71. The molecule has 17 heavy (non-hydrogen) atoms. The first-order valence-electron chi connectivity index (χ1n) is 6.97. The predicted octanol–water partition coefficient (Wildman–Crippen LogP) is 0.866. The fourth-order valence-electron chi connectivity index (χ4n) is 2.55. The Morgan fingerprint density at radius 3 is 2.82 bits per heavy atom. The molecule has 2 aliphatic heterocycles. The molecule has 0 aromatic rings. The zero-order valence-electron chi connectivity index (χ0n) is 11.0. The highest BCUT2D eigenvalue weighted by atomic mass is 16.5. The summed E-state index contributed by atoms with van der Waals surface area (Å²) in [6.45, 7) is 5.96. The summed E-state index contributed by atoms with van der Waals surface area (Å²) in [6, 6.07) is 0. The molecule has 0 spiro atoms. The molecule has 0 bridgehead atoms. The van der Waals surface area contributed by atoms with E-state index in [0.717, 1.165) is 45.8 Å². The summed E-state index contributed by atoms with van der Waals surface area (Å²) in [7, 11) is 2.16. The van der Waals surface area contributed by atoms with Crippen LogP contribution in [0.5, 0.6) is 0 Å².